The summed E-state index contributed by atoms with van der Waals surface area (Å²) in [6.45, 7) is 5.49. The molecule has 1 atom stereocenters. The number of benzene rings is 1. The summed E-state index contributed by atoms with van der Waals surface area (Å²) < 4.78 is 11.3. The fraction of sp³-hybridized carbons (Fsp3) is 0.533. The highest BCUT2D eigenvalue weighted by Crippen LogP contribution is 2.33. The summed E-state index contributed by atoms with van der Waals surface area (Å²) in [7, 11) is 0. The minimum Gasteiger partial charge on any atom is -0.490 e. The molecule has 0 saturated heterocycles. The van der Waals surface area contributed by atoms with Crippen molar-refractivity contribution in [2.45, 2.75) is 32.9 Å². The smallest absolute Gasteiger partial charge is 0.320 e. The van der Waals surface area contributed by atoms with Gasteiger partial charge in [-0.1, -0.05) is 26.0 Å². The Hall–Kier alpha value is -1.75. The van der Waals surface area contributed by atoms with Crippen molar-refractivity contribution in [2.75, 3.05) is 13.2 Å². The van der Waals surface area contributed by atoms with Crippen LogP contribution >= 0.6 is 0 Å². The van der Waals surface area contributed by atoms with Gasteiger partial charge < -0.3 is 14.6 Å². The summed E-state index contributed by atoms with van der Waals surface area (Å²) in [4.78, 5) is 11.2. The van der Waals surface area contributed by atoms with Crippen molar-refractivity contribution >= 4 is 5.97 Å². The molecule has 0 unspecified atom stereocenters. The second-order valence-corrected chi connectivity index (χ2v) is 5.24. The van der Waals surface area contributed by atoms with E-state index in [2.05, 4.69) is 5.32 Å². The lowest BCUT2D eigenvalue weighted by atomic mass is 10.0. The molecule has 2 rings (SSSR count). The molecule has 1 heterocycles. The lowest BCUT2D eigenvalue weighted by Gasteiger charge is -2.19. The van der Waals surface area contributed by atoms with Gasteiger partial charge in [0.25, 0.3) is 0 Å². The van der Waals surface area contributed by atoms with Crippen LogP contribution in [-0.2, 0) is 11.3 Å². The van der Waals surface area contributed by atoms with Crippen LogP contribution in [0.5, 0.6) is 11.5 Å². The maximum Gasteiger partial charge on any atom is 0.320 e. The van der Waals surface area contributed by atoms with Crippen LogP contribution in [0, 0.1) is 5.92 Å². The van der Waals surface area contributed by atoms with E-state index in [-0.39, 0.29) is 5.92 Å². The number of para-hydroxylation sites is 1. The summed E-state index contributed by atoms with van der Waals surface area (Å²) in [6.07, 6.45) is 0.852. The van der Waals surface area contributed by atoms with Crippen molar-refractivity contribution < 1.29 is 19.4 Å². The molecule has 1 aromatic carbocycles. The van der Waals surface area contributed by atoms with Gasteiger partial charge in [-0.2, -0.15) is 0 Å². The van der Waals surface area contributed by atoms with E-state index in [9.17, 15) is 9.90 Å². The third kappa shape index (κ3) is 3.42. The Bertz CT molecular complexity index is 473. The van der Waals surface area contributed by atoms with Gasteiger partial charge in [-0.15, -0.1) is 0 Å². The first-order valence-electron chi connectivity index (χ1n) is 6.93. The van der Waals surface area contributed by atoms with Gasteiger partial charge in [0.15, 0.2) is 11.5 Å². The molecule has 0 saturated carbocycles. The van der Waals surface area contributed by atoms with E-state index >= 15 is 0 Å². The van der Waals surface area contributed by atoms with E-state index in [1.807, 2.05) is 32.0 Å². The molecule has 2 N–H and O–H groups in total. The largest absolute Gasteiger partial charge is 0.490 e. The van der Waals surface area contributed by atoms with Crippen molar-refractivity contribution in [3.63, 3.8) is 0 Å². The number of carboxylic acids is 1. The molecule has 1 aliphatic rings. The molecule has 5 heteroatoms. The van der Waals surface area contributed by atoms with Gasteiger partial charge >= 0.3 is 5.97 Å². The number of rotatable bonds is 5. The average molecular weight is 279 g/mol. The van der Waals surface area contributed by atoms with Crippen LogP contribution in [0.15, 0.2) is 18.2 Å². The highest BCUT2D eigenvalue weighted by atomic mass is 16.5. The van der Waals surface area contributed by atoms with Gasteiger partial charge in [-0.25, -0.2) is 0 Å². The van der Waals surface area contributed by atoms with E-state index in [0.29, 0.717) is 19.8 Å². The predicted octanol–water partition coefficient (Wildman–Crippen LogP) is 2.05. The van der Waals surface area contributed by atoms with Crippen LogP contribution in [0.25, 0.3) is 0 Å². The number of nitrogens with one attached hydrogen (secondary N) is 1. The molecular formula is C15H21NO4. The van der Waals surface area contributed by atoms with Gasteiger partial charge in [0.05, 0.1) is 13.2 Å². The van der Waals surface area contributed by atoms with Crippen molar-refractivity contribution in [2.24, 2.45) is 5.92 Å². The van der Waals surface area contributed by atoms with E-state index in [0.717, 1.165) is 23.5 Å². The molecular weight excluding hydrogens is 258 g/mol. The summed E-state index contributed by atoms with van der Waals surface area (Å²) in [6, 6.07) is 5.13. The zero-order valence-electron chi connectivity index (χ0n) is 11.9. The standard InChI is InChI=1S/C15H21NO4/c1-10(2)13(15(17)18)16-9-11-5-3-6-12-14(11)20-8-4-7-19-12/h3,5-6,10,13,16H,4,7-9H2,1-2H3,(H,17,18)/t13-/m0/s1. The molecule has 5 nitrogen and oxygen atoms in total. The highest BCUT2D eigenvalue weighted by Gasteiger charge is 2.22. The molecule has 110 valence electrons. The molecule has 0 radical (unpaired) electrons. The van der Waals surface area contributed by atoms with Gasteiger partial charge in [-0.05, 0) is 12.0 Å². The van der Waals surface area contributed by atoms with E-state index in [1.165, 1.54) is 0 Å². The highest BCUT2D eigenvalue weighted by molar-refractivity contribution is 5.73. The van der Waals surface area contributed by atoms with E-state index in [1.54, 1.807) is 0 Å². The number of fused-ring (bicyclic) bond motifs is 1. The average Bonchev–Trinajstić information content (AvgIpc) is 2.63. The topological polar surface area (TPSA) is 67.8 Å². The first-order chi connectivity index (χ1) is 9.59. The molecule has 0 aliphatic carbocycles. The van der Waals surface area contributed by atoms with Crippen molar-refractivity contribution in [3.8, 4) is 11.5 Å². The Morgan fingerprint density at radius 2 is 2.10 bits per heavy atom. The summed E-state index contributed by atoms with van der Waals surface area (Å²) in [5, 5.41) is 12.3. The van der Waals surface area contributed by atoms with E-state index in [4.69, 9.17) is 9.47 Å². The van der Waals surface area contributed by atoms with Crippen molar-refractivity contribution in [3.05, 3.63) is 23.8 Å². The van der Waals surface area contributed by atoms with Crippen LogP contribution < -0.4 is 14.8 Å². The van der Waals surface area contributed by atoms with Crippen LogP contribution in [-0.4, -0.2) is 30.3 Å². The minimum atomic E-state index is -0.834. The molecule has 1 aromatic rings. The lowest BCUT2D eigenvalue weighted by molar-refractivity contribution is -0.140. The second kappa shape index (κ2) is 6.61. The maximum atomic E-state index is 11.2. The molecule has 20 heavy (non-hydrogen) atoms. The number of hydrogen-bond donors (Lipinski definition) is 2. The zero-order valence-corrected chi connectivity index (χ0v) is 11.9. The van der Waals surface area contributed by atoms with E-state index < -0.39 is 12.0 Å². The second-order valence-electron chi connectivity index (χ2n) is 5.24. The van der Waals surface area contributed by atoms with Gasteiger partial charge in [0.1, 0.15) is 6.04 Å². The monoisotopic (exact) mass is 279 g/mol. The minimum absolute atomic E-state index is 0.0204. The quantitative estimate of drug-likeness (QED) is 0.863. The number of aliphatic carboxylic acids is 1. The first kappa shape index (κ1) is 14.7. The molecule has 1 aliphatic heterocycles. The van der Waals surface area contributed by atoms with Crippen molar-refractivity contribution in [1.29, 1.82) is 0 Å². The maximum absolute atomic E-state index is 11.2. The fourth-order valence-electron chi connectivity index (χ4n) is 2.22. The third-order valence-electron chi connectivity index (χ3n) is 3.30. The Kier molecular flexibility index (Phi) is 4.84. The Morgan fingerprint density at radius 3 is 2.80 bits per heavy atom. The third-order valence-corrected chi connectivity index (χ3v) is 3.30. The Morgan fingerprint density at radius 1 is 1.35 bits per heavy atom. The number of hydrogen-bond acceptors (Lipinski definition) is 4. The fourth-order valence-corrected chi connectivity index (χ4v) is 2.22. The normalized spacial score (nSPS) is 15.8. The van der Waals surface area contributed by atoms with Gasteiger partial charge in [0.2, 0.25) is 0 Å². The Balaban J connectivity index is 2.11. The molecule has 0 spiro atoms. The molecule has 0 fully saturated rings. The summed E-state index contributed by atoms with van der Waals surface area (Å²) in [5.74, 6) is 0.648. The lowest BCUT2D eigenvalue weighted by Crippen LogP contribution is -2.40. The van der Waals surface area contributed by atoms with Crippen LogP contribution in [0.2, 0.25) is 0 Å². The summed E-state index contributed by atoms with van der Waals surface area (Å²) >= 11 is 0. The first-order valence-corrected chi connectivity index (χ1v) is 6.93. The number of ether oxygens (including phenoxy) is 2. The molecule has 0 bridgehead atoms. The predicted molar refractivity (Wildman–Crippen MR) is 75.2 cm³/mol. The zero-order chi connectivity index (χ0) is 14.5. The van der Waals surface area contributed by atoms with Gasteiger partial charge in [-0.3, -0.25) is 10.1 Å². The summed E-state index contributed by atoms with van der Waals surface area (Å²) in [5.41, 5.74) is 0.927. The van der Waals surface area contributed by atoms with Crippen LogP contribution in [0.4, 0.5) is 0 Å². The molecule has 0 aromatic heterocycles. The number of carbonyl (C=O) groups is 1. The van der Waals surface area contributed by atoms with Crippen LogP contribution in [0.3, 0.4) is 0 Å². The van der Waals surface area contributed by atoms with Crippen molar-refractivity contribution in [1.82, 2.24) is 5.32 Å². The Labute approximate surface area is 118 Å². The number of carboxylic acid groups (broad SMARTS) is 1. The molecule has 0 amide bonds. The van der Waals surface area contributed by atoms with Crippen LogP contribution in [0.1, 0.15) is 25.8 Å². The SMILES string of the molecule is CC(C)[C@H](NCc1cccc2c1OCCCO2)C(=O)O. The van der Waals surface area contributed by atoms with Gasteiger partial charge in [0, 0.05) is 18.5 Å².